The molecule has 2 aliphatic rings. The minimum absolute atomic E-state index is 0.0259. The Morgan fingerprint density at radius 1 is 0.478 bits per heavy atom. The minimum atomic E-state index is -4.46. The van der Waals surface area contributed by atoms with Gasteiger partial charge in [0.1, 0.15) is 35.2 Å². The van der Waals surface area contributed by atoms with E-state index in [1.165, 1.54) is 97.1 Å². The second kappa shape index (κ2) is 23.2. The molecule has 0 saturated carbocycles. The van der Waals surface area contributed by atoms with Crippen LogP contribution in [0.1, 0.15) is 41.4 Å². The lowest BCUT2D eigenvalue weighted by Crippen LogP contribution is -2.66. The second-order valence-corrected chi connectivity index (χ2v) is 19.3. The first-order chi connectivity index (χ1) is 32.0. The zero-order valence-electron chi connectivity index (χ0n) is 35.2. The van der Waals surface area contributed by atoms with Crippen LogP contribution in [0.25, 0.3) is 0 Å². The topological polar surface area (TPSA) is 267 Å². The number of carbonyl (C=O) groups is 4. The molecule has 23 heteroatoms. The summed E-state index contributed by atoms with van der Waals surface area (Å²) < 4.78 is 105. The van der Waals surface area contributed by atoms with Crippen molar-refractivity contribution in [2.75, 3.05) is 24.0 Å². The summed E-state index contributed by atoms with van der Waals surface area (Å²) >= 11 is 1.17. The summed E-state index contributed by atoms with van der Waals surface area (Å²) in [5.74, 6) is -4.99. The van der Waals surface area contributed by atoms with E-state index in [2.05, 4.69) is 0 Å². The highest BCUT2D eigenvalue weighted by molar-refractivity contribution is 8.04. The summed E-state index contributed by atoms with van der Waals surface area (Å²) in [6.07, 6.45) is -17.3. The molecular weight excluding hydrogens is 957 g/mol. The van der Waals surface area contributed by atoms with Gasteiger partial charge in [0.25, 0.3) is 20.2 Å². The van der Waals surface area contributed by atoms with Crippen molar-refractivity contribution in [3.8, 4) is 10.8 Å². The molecule has 4 aromatic rings. The molecule has 0 bridgehead atoms. The fourth-order valence-corrected chi connectivity index (χ4v) is 9.12. The minimum Gasteiger partial charge on any atom is -0.452 e. The number of nitriles is 2. The Kier molecular flexibility index (Phi) is 17.5. The van der Waals surface area contributed by atoms with E-state index >= 15 is 0 Å². The van der Waals surface area contributed by atoms with Gasteiger partial charge in [-0.1, -0.05) is 72.8 Å². The number of nitrogens with zero attached hydrogens (tertiary/aromatic N) is 2. The molecule has 2 aliphatic heterocycles. The summed E-state index contributed by atoms with van der Waals surface area (Å²) in [4.78, 5) is 55.7. The zero-order valence-corrected chi connectivity index (χ0v) is 38.5. The Hall–Kier alpha value is -5.86. The van der Waals surface area contributed by atoms with Crippen LogP contribution in [-0.2, 0) is 61.8 Å². The van der Waals surface area contributed by atoms with Crippen molar-refractivity contribution in [2.45, 2.75) is 61.4 Å². The van der Waals surface area contributed by atoms with Gasteiger partial charge in [0.15, 0.2) is 24.4 Å². The van der Waals surface area contributed by atoms with Crippen LogP contribution in [0.2, 0.25) is 0 Å². The van der Waals surface area contributed by atoms with Crippen molar-refractivity contribution in [1.29, 1.82) is 10.5 Å². The molecule has 0 amide bonds. The van der Waals surface area contributed by atoms with Crippen molar-refractivity contribution in [2.24, 2.45) is 0 Å². The predicted octanol–water partition coefficient (Wildman–Crippen LogP) is 4.47. The van der Waals surface area contributed by atoms with Crippen LogP contribution in [0, 0.1) is 21.3 Å². The smallest absolute Gasteiger partial charge is 0.338 e. The molecule has 19 nitrogen and oxygen atoms in total. The van der Waals surface area contributed by atoms with Crippen molar-refractivity contribution in [3.63, 3.8) is 0 Å². The third kappa shape index (κ3) is 14.1. The summed E-state index contributed by atoms with van der Waals surface area (Å²) in [7, 11) is -8.92. The first-order valence-corrected chi connectivity index (χ1v) is 25.4. The SMILES string of the molecule is CS(=O)(=O)O[C@H]1[C@H](OC(=O)c2ccccc2)[C@@H](OC(=O)c2ccccc2)[C@@H](O[C@H]2O[C@H](CSC#N)[C@@H](OS(C)(=O)=O)[C@H](OC(=O)c3ccccc3)[C@H]2OC(=O)c2ccccc2)O[C@@H]1CSC#N. The van der Waals surface area contributed by atoms with Gasteiger partial charge < -0.3 is 33.2 Å². The predicted molar refractivity (Wildman–Crippen MR) is 237 cm³/mol. The van der Waals surface area contributed by atoms with Gasteiger partial charge in [-0.15, -0.1) is 0 Å². The molecule has 6 rings (SSSR count). The van der Waals surface area contributed by atoms with Crippen LogP contribution >= 0.6 is 23.5 Å². The summed E-state index contributed by atoms with van der Waals surface area (Å²) in [5.41, 5.74) is -0.130. The third-order valence-corrected chi connectivity index (χ3v) is 12.0. The first-order valence-electron chi connectivity index (χ1n) is 19.8. The van der Waals surface area contributed by atoms with Crippen LogP contribution < -0.4 is 0 Å². The average Bonchev–Trinajstić information content (AvgIpc) is 3.31. The van der Waals surface area contributed by atoms with Crippen LogP contribution in [0.15, 0.2) is 121 Å². The maximum Gasteiger partial charge on any atom is 0.338 e. The lowest BCUT2D eigenvalue weighted by atomic mass is 9.97. The third-order valence-electron chi connectivity index (χ3n) is 9.66. The Morgan fingerprint density at radius 2 is 0.746 bits per heavy atom. The maximum atomic E-state index is 14.0. The van der Waals surface area contributed by atoms with E-state index in [9.17, 15) is 46.5 Å². The molecular formula is C44H40N2O17S4. The monoisotopic (exact) mass is 996 g/mol. The lowest BCUT2D eigenvalue weighted by Gasteiger charge is -2.48. The van der Waals surface area contributed by atoms with Crippen LogP contribution in [0.3, 0.4) is 0 Å². The van der Waals surface area contributed by atoms with Crippen molar-refractivity contribution in [3.05, 3.63) is 144 Å². The Balaban J connectivity index is 1.52. The molecule has 67 heavy (non-hydrogen) atoms. The quantitative estimate of drug-likeness (QED) is 0.0576. The van der Waals surface area contributed by atoms with Crippen molar-refractivity contribution < 1.29 is 77.5 Å². The van der Waals surface area contributed by atoms with E-state index in [1.54, 1.807) is 24.3 Å². The summed E-state index contributed by atoms with van der Waals surface area (Å²) in [6, 6.07) is 29.8. The van der Waals surface area contributed by atoms with E-state index < -0.39 is 106 Å². The van der Waals surface area contributed by atoms with Crippen LogP contribution in [-0.4, -0.2) is 126 Å². The molecule has 0 unspecified atom stereocenters. The maximum absolute atomic E-state index is 14.0. The molecule has 0 N–H and O–H groups in total. The van der Waals surface area contributed by atoms with E-state index in [0.717, 1.165) is 0 Å². The van der Waals surface area contributed by atoms with Gasteiger partial charge in [-0.2, -0.15) is 27.4 Å². The van der Waals surface area contributed by atoms with E-state index in [1.807, 2.05) is 10.8 Å². The largest absolute Gasteiger partial charge is 0.452 e. The number of rotatable bonds is 18. The molecule has 2 heterocycles. The van der Waals surface area contributed by atoms with E-state index in [-0.39, 0.29) is 33.8 Å². The Morgan fingerprint density at radius 3 is 1.00 bits per heavy atom. The Labute approximate surface area is 393 Å². The second-order valence-electron chi connectivity index (χ2n) is 14.5. The first kappa shape index (κ1) is 50.6. The number of benzene rings is 4. The summed E-state index contributed by atoms with van der Waals surface area (Å²) in [5, 5.41) is 22.9. The van der Waals surface area contributed by atoms with Gasteiger partial charge >= 0.3 is 23.9 Å². The number of hydrogen-bond acceptors (Lipinski definition) is 21. The molecule has 2 saturated heterocycles. The van der Waals surface area contributed by atoms with Gasteiger partial charge in [-0.25, -0.2) is 19.2 Å². The van der Waals surface area contributed by atoms with Gasteiger partial charge in [-0.3, -0.25) is 8.37 Å². The molecule has 0 aliphatic carbocycles. The van der Waals surface area contributed by atoms with Gasteiger partial charge in [0.2, 0.25) is 12.6 Å². The molecule has 352 valence electrons. The number of thiocyanates is 2. The molecule has 0 spiro atoms. The lowest BCUT2D eigenvalue weighted by molar-refractivity contribution is -0.364. The standard InChI is InChI=1S/C44H40N2O17S4/c1-66(51,52)62-33-31(23-64-25-45)55-43(37(59-41(49)29-19-11-5-12-20-29)35(33)57-39(47)27-15-7-3-8-16-27)61-44-38(60-42(50)30-21-13-6-14-22-30)36(58-40(48)28-17-9-4-10-18-28)34(63-67(2,53)54)32(56-44)24-65-26-46/h3-22,31-38,43-44H,23-24H2,1-2H3/t31-,32-,33-,34-,35+,36+,37-,38-,43-,44-/m1/s1. The summed E-state index contributed by atoms with van der Waals surface area (Å²) in [6.45, 7) is 0. The molecule has 10 atom stereocenters. The highest BCUT2D eigenvalue weighted by atomic mass is 32.2. The van der Waals surface area contributed by atoms with Crippen LogP contribution in [0.4, 0.5) is 0 Å². The molecule has 4 aromatic carbocycles. The van der Waals surface area contributed by atoms with Gasteiger partial charge in [0, 0.05) is 11.5 Å². The van der Waals surface area contributed by atoms with E-state index in [4.69, 9.17) is 41.5 Å². The normalized spacial score (nSPS) is 25.0. The van der Waals surface area contributed by atoms with Gasteiger partial charge in [-0.05, 0) is 72.1 Å². The van der Waals surface area contributed by atoms with Crippen molar-refractivity contribution >= 4 is 67.6 Å². The Bertz CT molecular complexity index is 2470. The molecule has 2 fully saturated rings. The molecule has 0 radical (unpaired) electrons. The fourth-order valence-electron chi connectivity index (χ4n) is 6.83. The number of thioether (sulfide) groups is 2. The number of ether oxygens (including phenoxy) is 7. The number of esters is 4. The zero-order chi connectivity index (χ0) is 48.1. The number of hydrogen-bond donors (Lipinski definition) is 0. The molecule has 0 aromatic heterocycles. The fraction of sp³-hybridized carbons (Fsp3) is 0.318. The highest BCUT2D eigenvalue weighted by Crippen LogP contribution is 2.38. The number of carbonyl (C=O) groups excluding carboxylic acids is 4. The van der Waals surface area contributed by atoms with Crippen LogP contribution in [0.5, 0.6) is 0 Å². The average molecular weight is 997 g/mol. The van der Waals surface area contributed by atoms with Crippen molar-refractivity contribution in [1.82, 2.24) is 0 Å². The van der Waals surface area contributed by atoms with E-state index in [0.29, 0.717) is 36.0 Å². The van der Waals surface area contributed by atoms with Gasteiger partial charge in [0.05, 0.1) is 34.8 Å². The highest BCUT2D eigenvalue weighted by Gasteiger charge is 2.58.